The maximum absolute atomic E-state index is 12.7. The van der Waals surface area contributed by atoms with Crippen LogP contribution in [-0.4, -0.2) is 30.8 Å². The molecule has 0 saturated heterocycles. The van der Waals surface area contributed by atoms with Gasteiger partial charge < -0.3 is 4.74 Å². The Balaban J connectivity index is 5.00. The van der Waals surface area contributed by atoms with Crippen LogP contribution in [-0.2, 0) is 4.74 Å². The molecule has 0 aliphatic rings. The molecule has 17 heavy (non-hydrogen) atoms. The van der Waals surface area contributed by atoms with E-state index in [1.165, 1.54) is 6.92 Å². The number of allylic oxidation sites excluding steroid dienone is 1. The summed E-state index contributed by atoms with van der Waals surface area (Å²) in [6.45, 7) is 1.19. The van der Waals surface area contributed by atoms with Gasteiger partial charge >= 0.3 is 18.2 Å². The maximum Gasteiger partial charge on any atom is 0.378 e. The van der Waals surface area contributed by atoms with Crippen LogP contribution in [0, 0.1) is 0 Å². The quantitative estimate of drug-likeness (QED) is 0.529. The molecule has 0 bridgehead atoms. The van der Waals surface area contributed by atoms with Crippen LogP contribution in [0.1, 0.15) is 6.92 Å². The first-order valence-electron chi connectivity index (χ1n) is 4.17. The second kappa shape index (κ2) is 5.54. The molecule has 0 radical (unpaired) electrons. The average Bonchev–Trinajstić information content (AvgIpc) is 2.23. The van der Waals surface area contributed by atoms with Crippen molar-refractivity contribution < 1.29 is 39.9 Å². The van der Waals surface area contributed by atoms with Crippen LogP contribution in [0.3, 0.4) is 0 Å². The monoisotopic (exact) mass is 272 g/mol. The molecule has 0 aromatic heterocycles. The lowest BCUT2D eigenvalue weighted by molar-refractivity contribution is -0.311. The number of hydrogen-bond donors (Lipinski definition) is 0. The standard InChI is InChI=1S/C8H8F8O/c1-2-3-17-6(12)8(15,16)7(13,14)4(9)5(10)11/h2-6H,1H3. The molecule has 0 amide bonds. The summed E-state index contributed by atoms with van der Waals surface area (Å²) in [5.74, 6) is -11.6. The van der Waals surface area contributed by atoms with Gasteiger partial charge in [0.05, 0.1) is 6.26 Å². The summed E-state index contributed by atoms with van der Waals surface area (Å²) in [4.78, 5) is 0. The van der Waals surface area contributed by atoms with E-state index in [0.717, 1.165) is 6.08 Å². The van der Waals surface area contributed by atoms with Gasteiger partial charge in [-0.1, -0.05) is 6.08 Å². The van der Waals surface area contributed by atoms with Crippen molar-refractivity contribution in [2.24, 2.45) is 0 Å². The molecule has 102 valence electrons. The van der Waals surface area contributed by atoms with Crippen LogP contribution in [0.5, 0.6) is 0 Å². The summed E-state index contributed by atoms with van der Waals surface area (Å²) in [6, 6.07) is 0. The molecule has 0 aliphatic carbocycles. The third-order valence-corrected chi connectivity index (χ3v) is 1.63. The molecule has 0 saturated carbocycles. The van der Waals surface area contributed by atoms with Crippen molar-refractivity contribution in [2.45, 2.75) is 37.7 Å². The molecule has 2 unspecified atom stereocenters. The van der Waals surface area contributed by atoms with E-state index in [2.05, 4.69) is 4.74 Å². The van der Waals surface area contributed by atoms with Crippen LogP contribution >= 0.6 is 0 Å². The molecule has 0 N–H and O–H groups in total. The van der Waals surface area contributed by atoms with Crippen LogP contribution in [0.4, 0.5) is 35.1 Å². The zero-order valence-corrected chi connectivity index (χ0v) is 8.32. The van der Waals surface area contributed by atoms with Gasteiger partial charge in [0.2, 0.25) is 6.17 Å². The van der Waals surface area contributed by atoms with Gasteiger partial charge in [-0.3, -0.25) is 0 Å². The zero-order chi connectivity index (χ0) is 13.9. The van der Waals surface area contributed by atoms with Crippen molar-refractivity contribution in [2.75, 3.05) is 0 Å². The van der Waals surface area contributed by atoms with Gasteiger partial charge in [0, 0.05) is 0 Å². The van der Waals surface area contributed by atoms with E-state index < -0.39 is 30.8 Å². The molecule has 0 spiro atoms. The molecule has 0 heterocycles. The van der Waals surface area contributed by atoms with Crippen LogP contribution in [0.2, 0.25) is 0 Å². The minimum Gasteiger partial charge on any atom is -0.462 e. The van der Waals surface area contributed by atoms with Crippen molar-refractivity contribution in [3.05, 3.63) is 12.3 Å². The Morgan fingerprint density at radius 2 is 1.41 bits per heavy atom. The maximum atomic E-state index is 12.7. The summed E-state index contributed by atoms with van der Waals surface area (Å²) in [5, 5.41) is 0. The van der Waals surface area contributed by atoms with Gasteiger partial charge in [0.1, 0.15) is 0 Å². The summed E-state index contributed by atoms with van der Waals surface area (Å²) in [5.41, 5.74) is 0. The third kappa shape index (κ3) is 3.22. The zero-order valence-electron chi connectivity index (χ0n) is 8.32. The molecule has 0 rings (SSSR count). The Morgan fingerprint density at radius 3 is 1.76 bits per heavy atom. The Morgan fingerprint density at radius 1 is 0.941 bits per heavy atom. The van der Waals surface area contributed by atoms with E-state index >= 15 is 0 Å². The molecular weight excluding hydrogens is 264 g/mol. The number of alkyl halides is 8. The molecule has 9 heteroatoms. The van der Waals surface area contributed by atoms with Crippen molar-refractivity contribution in [3.63, 3.8) is 0 Å². The Bertz CT molecular complexity index is 264. The highest BCUT2D eigenvalue weighted by Crippen LogP contribution is 2.44. The molecule has 1 nitrogen and oxygen atoms in total. The predicted molar refractivity (Wildman–Crippen MR) is 41.6 cm³/mol. The number of hydrogen-bond acceptors (Lipinski definition) is 1. The first-order valence-corrected chi connectivity index (χ1v) is 4.17. The Labute approximate surface area is 91.0 Å². The molecule has 2 atom stereocenters. The fourth-order valence-electron chi connectivity index (χ4n) is 0.726. The van der Waals surface area contributed by atoms with E-state index in [-0.39, 0.29) is 0 Å². The van der Waals surface area contributed by atoms with Crippen LogP contribution < -0.4 is 0 Å². The van der Waals surface area contributed by atoms with Gasteiger partial charge in [-0.25, -0.2) is 13.2 Å². The van der Waals surface area contributed by atoms with Crippen molar-refractivity contribution >= 4 is 0 Å². The third-order valence-electron chi connectivity index (χ3n) is 1.63. The summed E-state index contributed by atoms with van der Waals surface area (Å²) in [7, 11) is 0. The SMILES string of the molecule is CC=COC(F)C(F)(F)C(F)(F)C(F)C(F)F. The predicted octanol–water partition coefficient (Wildman–Crippen LogP) is 3.71. The van der Waals surface area contributed by atoms with E-state index in [1.54, 1.807) is 0 Å². The van der Waals surface area contributed by atoms with Crippen molar-refractivity contribution in [1.82, 2.24) is 0 Å². The highest BCUT2D eigenvalue weighted by Gasteiger charge is 2.69. The van der Waals surface area contributed by atoms with Gasteiger partial charge in [0.25, 0.3) is 6.43 Å². The average molecular weight is 272 g/mol. The largest absolute Gasteiger partial charge is 0.462 e. The Hall–Kier alpha value is -1.02. The normalized spacial score (nSPS) is 17.5. The van der Waals surface area contributed by atoms with E-state index in [0.29, 0.717) is 6.26 Å². The van der Waals surface area contributed by atoms with E-state index in [4.69, 9.17) is 0 Å². The topological polar surface area (TPSA) is 9.23 Å². The molecule has 0 aromatic carbocycles. The highest BCUT2D eigenvalue weighted by molar-refractivity contribution is 4.95. The summed E-state index contributed by atoms with van der Waals surface area (Å²) < 4.78 is 102. The fraction of sp³-hybridized carbons (Fsp3) is 0.750. The molecular formula is C8H8F8O. The number of halogens is 8. The minimum atomic E-state index is -5.89. The van der Waals surface area contributed by atoms with Crippen LogP contribution in [0.15, 0.2) is 12.3 Å². The lowest BCUT2D eigenvalue weighted by Gasteiger charge is -2.30. The smallest absolute Gasteiger partial charge is 0.378 e. The summed E-state index contributed by atoms with van der Waals surface area (Å²) >= 11 is 0. The van der Waals surface area contributed by atoms with Gasteiger partial charge in [-0.2, -0.15) is 22.0 Å². The second-order valence-electron chi connectivity index (χ2n) is 2.90. The molecule has 0 fully saturated rings. The Kier molecular flexibility index (Phi) is 5.21. The highest BCUT2D eigenvalue weighted by atomic mass is 19.3. The number of ether oxygens (including phenoxy) is 1. The fourth-order valence-corrected chi connectivity index (χ4v) is 0.726. The van der Waals surface area contributed by atoms with Gasteiger partial charge in [0.15, 0.2) is 0 Å². The molecule has 0 aliphatic heterocycles. The van der Waals surface area contributed by atoms with E-state index in [1.807, 2.05) is 0 Å². The number of rotatable bonds is 6. The lowest BCUT2D eigenvalue weighted by Crippen LogP contribution is -2.55. The first kappa shape index (κ1) is 16.0. The van der Waals surface area contributed by atoms with Gasteiger partial charge in [-0.05, 0) is 6.92 Å². The van der Waals surface area contributed by atoms with Crippen molar-refractivity contribution in [1.29, 1.82) is 0 Å². The van der Waals surface area contributed by atoms with Gasteiger partial charge in [-0.15, -0.1) is 0 Å². The second-order valence-corrected chi connectivity index (χ2v) is 2.90. The minimum absolute atomic E-state index is 0.310. The van der Waals surface area contributed by atoms with E-state index in [9.17, 15) is 35.1 Å². The summed E-state index contributed by atoms with van der Waals surface area (Å²) in [6.07, 6.45) is -11.6. The first-order chi connectivity index (χ1) is 7.59. The molecule has 0 aromatic rings. The van der Waals surface area contributed by atoms with Crippen LogP contribution in [0.25, 0.3) is 0 Å². The van der Waals surface area contributed by atoms with Crippen molar-refractivity contribution in [3.8, 4) is 0 Å². The lowest BCUT2D eigenvalue weighted by atomic mass is 10.1.